The number of carbonyl (C=O) groups excluding carboxylic acids is 4. The molecule has 0 saturated carbocycles. The quantitative estimate of drug-likeness (QED) is 0.118. The smallest absolute Gasteiger partial charge is 0.326 e. The summed E-state index contributed by atoms with van der Waals surface area (Å²) in [4.78, 5) is 72.5. The molecule has 3 aromatic rings. The summed E-state index contributed by atoms with van der Waals surface area (Å²) in [6.07, 6.45) is 4.30. The van der Waals surface area contributed by atoms with Gasteiger partial charge in [0.05, 0.1) is 18.8 Å². The van der Waals surface area contributed by atoms with Gasteiger partial charge in [-0.3, -0.25) is 19.2 Å². The van der Waals surface area contributed by atoms with Gasteiger partial charge >= 0.3 is 5.97 Å². The molecule has 10 N–H and O–H groups in total. The lowest BCUT2D eigenvalue weighted by molar-refractivity contribution is -0.142. The van der Waals surface area contributed by atoms with E-state index in [4.69, 9.17) is 11.5 Å². The predicted octanol–water partition coefficient (Wildman–Crippen LogP) is -0.536. The second-order valence-corrected chi connectivity index (χ2v) is 10.3. The number of nitrogens with zero attached hydrogens (tertiary/aromatic N) is 1. The number of carboxylic acids is 1. The molecule has 220 valence electrons. The average molecular weight is 569 g/mol. The van der Waals surface area contributed by atoms with Crippen LogP contribution in [0.5, 0.6) is 0 Å². The number of aliphatic carboxylic acids is 1. The highest BCUT2D eigenvalue weighted by molar-refractivity contribution is 5.96. The number of primary amides is 1. The Balaban J connectivity index is 1.69. The number of nitrogens with one attached hydrogen (secondary N) is 5. The van der Waals surface area contributed by atoms with Gasteiger partial charge in [-0.15, -0.1) is 0 Å². The second kappa shape index (κ2) is 14.1. The molecule has 0 saturated heterocycles. The van der Waals surface area contributed by atoms with Crippen molar-refractivity contribution >= 4 is 40.5 Å². The third kappa shape index (κ3) is 8.89. The van der Waals surface area contributed by atoms with Gasteiger partial charge in [-0.1, -0.05) is 32.0 Å². The lowest BCUT2D eigenvalue weighted by Crippen LogP contribution is -2.58. The molecular weight excluding hydrogens is 532 g/mol. The van der Waals surface area contributed by atoms with Crippen LogP contribution in [0.1, 0.15) is 37.9 Å². The van der Waals surface area contributed by atoms with Crippen LogP contribution in [0, 0.1) is 5.92 Å². The van der Waals surface area contributed by atoms with Gasteiger partial charge in [-0.25, -0.2) is 9.78 Å². The van der Waals surface area contributed by atoms with Crippen molar-refractivity contribution in [3.05, 3.63) is 54.2 Å². The lowest BCUT2D eigenvalue weighted by atomic mass is 10.0. The van der Waals surface area contributed by atoms with Gasteiger partial charge < -0.3 is 42.5 Å². The number of H-pyrrole nitrogens is 2. The SMILES string of the molecule is CC(C)CC(NC(=O)C(CC(N)=O)NC(=O)C(N)Cc1c[nH]c2ccccc12)C(=O)NC(Cc1cnc[nH]1)C(=O)O. The van der Waals surface area contributed by atoms with E-state index in [9.17, 15) is 29.1 Å². The highest BCUT2D eigenvalue weighted by atomic mass is 16.4. The number of aromatic nitrogens is 3. The van der Waals surface area contributed by atoms with Gasteiger partial charge in [0.25, 0.3) is 0 Å². The first-order chi connectivity index (χ1) is 19.4. The minimum absolute atomic E-state index is 0.0574. The number of amides is 4. The van der Waals surface area contributed by atoms with Gasteiger partial charge in [-0.2, -0.15) is 0 Å². The van der Waals surface area contributed by atoms with Crippen LogP contribution in [0.3, 0.4) is 0 Å². The van der Waals surface area contributed by atoms with Crippen LogP contribution in [0.2, 0.25) is 0 Å². The van der Waals surface area contributed by atoms with Crippen LogP contribution >= 0.6 is 0 Å². The third-order valence-electron chi connectivity index (χ3n) is 6.42. The summed E-state index contributed by atoms with van der Waals surface area (Å²) in [5, 5.41) is 18.0. The number of rotatable bonds is 15. The van der Waals surface area contributed by atoms with Crippen molar-refractivity contribution in [2.45, 2.75) is 63.7 Å². The van der Waals surface area contributed by atoms with Gasteiger partial charge in [0, 0.05) is 35.4 Å². The molecule has 2 heterocycles. The minimum Gasteiger partial charge on any atom is -0.480 e. The Morgan fingerprint density at radius 2 is 1.59 bits per heavy atom. The summed E-state index contributed by atoms with van der Waals surface area (Å²) in [6.45, 7) is 3.64. The Kier molecular flexibility index (Phi) is 10.6. The number of benzene rings is 1. The molecule has 4 unspecified atom stereocenters. The van der Waals surface area contributed by atoms with Crippen molar-refractivity contribution in [2.24, 2.45) is 17.4 Å². The molecular formula is C27H36N8O6. The Morgan fingerprint density at radius 1 is 0.927 bits per heavy atom. The molecule has 2 aromatic heterocycles. The molecule has 0 aliphatic rings. The molecule has 14 nitrogen and oxygen atoms in total. The van der Waals surface area contributed by atoms with E-state index in [1.54, 1.807) is 6.20 Å². The van der Waals surface area contributed by atoms with Crippen molar-refractivity contribution in [3.63, 3.8) is 0 Å². The van der Waals surface area contributed by atoms with Crippen LogP contribution < -0.4 is 27.4 Å². The number of carbonyl (C=O) groups is 5. The van der Waals surface area contributed by atoms with Crippen LogP contribution in [0.15, 0.2) is 43.0 Å². The normalized spacial score (nSPS) is 14.1. The van der Waals surface area contributed by atoms with E-state index in [-0.39, 0.29) is 25.2 Å². The van der Waals surface area contributed by atoms with Gasteiger partial charge in [-0.05, 0) is 30.4 Å². The first-order valence-electron chi connectivity index (χ1n) is 13.1. The topological polar surface area (TPSA) is 238 Å². The molecule has 14 heteroatoms. The van der Waals surface area contributed by atoms with Crippen LogP contribution in [0.25, 0.3) is 10.9 Å². The number of nitrogens with two attached hydrogens (primary N) is 2. The Morgan fingerprint density at radius 3 is 2.22 bits per heavy atom. The molecule has 3 rings (SSSR count). The standard InChI is InChI=1S/C27H36N8O6/c1-14(2)7-20(25(38)35-22(27(40)41)9-16-12-30-13-32-16)34-26(39)21(10-23(29)36)33-24(37)18(28)8-15-11-31-19-6-4-3-5-17(15)19/h3-6,11-14,18,20-22,31H,7-10,28H2,1-2H3,(H2,29,36)(H,30,32)(H,33,37)(H,34,39)(H,35,38)(H,40,41). The van der Waals surface area contributed by atoms with E-state index in [1.807, 2.05) is 38.1 Å². The van der Waals surface area contributed by atoms with Gasteiger partial charge in [0.2, 0.25) is 23.6 Å². The fraction of sp³-hybridized carbons (Fsp3) is 0.407. The lowest BCUT2D eigenvalue weighted by Gasteiger charge is -2.25. The van der Waals surface area contributed by atoms with Crippen LogP contribution in [-0.4, -0.2) is 73.8 Å². The molecule has 4 atom stereocenters. The number of hydrogen-bond acceptors (Lipinski definition) is 7. The maximum atomic E-state index is 13.2. The summed E-state index contributed by atoms with van der Waals surface area (Å²) in [5.41, 5.74) is 13.6. The number of aromatic amines is 2. The molecule has 0 aliphatic carbocycles. The maximum Gasteiger partial charge on any atom is 0.326 e. The van der Waals surface area contributed by atoms with Crippen molar-refractivity contribution < 1.29 is 29.1 Å². The first-order valence-corrected chi connectivity index (χ1v) is 13.1. The van der Waals surface area contributed by atoms with E-state index in [0.717, 1.165) is 16.5 Å². The van der Waals surface area contributed by atoms with E-state index in [0.29, 0.717) is 5.69 Å². The molecule has 1 aromatic carbocycles. The minimum atomic E-state index is -1.41. The number of carboxylic acid groups (broad SMARTS) is 1. The molecule has 0 spiro atoms. The Labute approximate surface area is 236 Å². The number of imidazole rings is 1. The largest absolute Gasteiger partial charge is 0.480 e. The molecule has 4 amide bonds. The summed E-state index contributed by atoms with van der Waals surface area (Å²) < 4.78 is 0. The van der Waals surface area contributed by atoms with Crippen LogP contribution in [-0.2, 0) is 36.8 Å². The monoisotopic (exact) mass is 568 g/mol. The summed E-state index contributed by atoms with van der Waals surface area (Å²) >= 11 is 0. The molecule has 0 aliphatic heterocycles. The molecule has 41 heavy (non-hydrogen) atoms. The fourth-order valence-corrected chi connectivity index (χ4v) is 4.38. The zero-order valence-corrected chi connectivity index (χ0v) is 22.8. The maximum absolute atomic E-state index is 13.2. The number of fused-ring (bicyclic) bond motifs is 1. The van der Waals surface area contributed by atoms with Crippen molar-refractivity contribution in [1.82, 2.24) is 30.9 Å². The van der Waals surface area contributed by atoms with E-state index >= 15 is 0 Å². The zero-order valence-electron chi connectivity index (χ0n) is 22.8. The van der Waals surface area contributed by atoms with Crippen molar-refractivity contribution in [1.29, 1.82) is 0 Å². The zero-order chi connectivity index (χ0) is 30.1. The Bertz CT molecular complexity index is 1370. The number of hydrogen-bond donors (Lipinski definition) is 8. The first kappa shape index (κ1) is 30.8. The Hall–Kier alpha value is -4.72. The van der Waals surface area contributed by atoms with Gasteiger partial charge in [0.1, 0.15) is 18.1 Å². The molecule has 0 bridgehead atoms. The number of para-hydroxylation sites is 1. The third-order valence-corrected chi connectivity index (χ3v) is 6.42. The highest BCUT2D eigenvalue weighted by Crippen LogP contribution is 2.19. The van der Waals surface area contributed by atoms with Crippen LogP contribution in [0.4, 0.5) is 0 Å². The predicted molar refractivity (Wildman–Crippen MR) is 149 cm³/mol. The second-order valence-electron chi connectivity index (χ2n) is 10.3. The summed E-state index contributed by atoms with van der Waals surface area (Å²) in [6, 6.07) is 2.60. The van der Waals surface area contributed by atoms with Crippen molar-refractivity contribution in [2.75, 3.05) is 0 Å². The summed E-state index contributed by atoms with van der Waals surface area (Å²) in [7, 11) is 0. The van der Waals surface area contributed by atoms with E-state index in [1.165, 1.54) is 12.5 Å². The van der Waals surface area contributed by atoms with Gasteiger partial charge in [0.15, 0.2) is 0 Å². The molecule has 0 radical (unpaired) electrons. The summed E-state index contributed by atoms with van der Waals surface area (Å²) in [5.74, 6) is -4.46. The molecule has 0 fully saturated rings. The van der Waals surface area contributed by atoms with E-state index in [2.05, 4.69) is 30.9 Å². The van der Waals surface area contributed by atoms with E-state index < -0.39 is 60.2 Å². The average Bonchev–Trinajstić information content (AvgIpc) is 3.57. The highest BCUT2D eigenvalue weighted by Gasteiger charge is 2.32. The fourth-order valence-electron chi connectivity index (χ4n) is 4.38. The van der Waals surface area contributed by atoms with Crippen molar-refractivity contribution in [3.8, 4) is 0 Å².